The molecule has 5 nitrogen and oxygen atoms in total. The first-order valence-electron chi connectivity index (χ1n) is 6.36. The molecule has 0 fully saturated rings. The molecule has 0 spiro atoms. The van der Waals surface area contributed by atoms with Crippen LogP contribution in [0.5, 0.6) is 0 Å². The summed E-state index contributed by atoms with van der Waals surface area (Å²) < 4.78 is 6.57. The minimum atomic E-state index is -0.263. The van der Waals surface area contributed by atoms with E-state index in [4.69, 9.17) is 9.68 Å². The largest absolute Gasteiger partial charge is 0.421 e. The van der Waals surface area contributed by atoms with E-state index in [0.29, 0.717) is 5.89 Å². The maximum Gasteiger partial charge on any atom is 0.252 e. The van der Waals surface area contributed by atoms with Crippen LogP contribution < -0.4 is 5.43 Å². The number of nitrogens with one attached hydrogen (secondary N) is 1. The number of anilines is 1. The molecule has 1 heterocycles. The number of rotatable bonds is 3. The maximum atomic E-state index is 9.07. The second-order valence-electron chi connectivity index (χ2n) is 5.48. The molecule has 0 aliphatic carbocycles. The Labute approximate surface area is 131 Å². The number of nitrogens with zero attached hydrogens (tertiary/aromatic N) is 3. The van der Waals surface area contributed by atoms with Gasteiger partial charge in [-0.2, -0.15) is 15.3 Å². The van der Waals surface area contributed by atoms with Crippen LogP contribution in [0.25, 0.3) is 0 Å². The molecular formula is C15H15BrN4O. The molecule has 1 aromatic heterocycles. The molecule has 0 radical (unpaired) electrons. The van der Waals surface area contributed by atoms with Gasteiger partial charge in [-0.1, -0.05) is 48.8 Å². The zero-order chi connectivity index (χ0) is 15.5. The van der Waals surface area contributed by atoms with E-state index >= 15 is 0 Å². The number of oxazole rings is 1. The number of nitriles is 1. The van der Waals surface area contributed by atoms with Gasteiger partial charge in [0.2, 0.25) is 11.6 Å². The number of aromatic nitrogens is 1. The quantitative estimate of drug-likeness (QED) is 0.671. The molecule has 0 aliphatic rings. The topological polar surface area (TPSA) is 74.2 Å². The van der Waals surface area contributed by atoms with Crippen molar-refractivity contribution >= 4 is 28.0 Å². The molecule has 6 heteroatoms. The van der Waals surface area contributed by atoms with Gasteiger partial charge in [-0.05, 0) is 17.7 Å². The van der Waals surface area contributed by atoms with Crippen LogP contribution in [0.2, 0.25) is 0 Å². The third kappa shape index (κ3) is 3.92. The van der Waals surface area contributed by atoms with Crippen LogP contribution in [0, 0.1) is 11.3 Å². The van der Waals surface area contributed by atoms with E-state index in [1.807, 2.05) is 51.1 Å². The molecule has 0 amide bonds. The molecule has 0 saturated heterocycles. The van der Waals surface area contributed by atoms with Crippen LogP contribution in [-0.4, -0.2) is 11.2 Å². The van der Waals surface area contributed by atoms with Gasteiger partial charge in [0, 0.05) is 9.89 Å². The Hall–Kier alpha value is -2.13. The summed E-state index contributed by atoms with van der Waals surface area (Å²) in [6.07, 6.45) is 1.65. The van der Waals surface area contributed by atoms with Crippen molar-refractivity contribution in [1.82, 2.24) is 4.98 Å². The molecule has 0 atom stereocenters. The molecule has 21 heavy (non-hydrogen) atoms. The standard InChI is InChI=1S/C15H15BrN4O/c1-15(2,3)14-19-12(8-17)13(21-14)20-18-9-10-4-6-11(16)7-5-10/h4-7,9,20H,1-3H3. The Morgan fingerprint density at radius 2 is 2.00 bits per heavy atom. The van der Waals surface area contributed by atoms with E-state index in [-0.39, 0.29) is 17.0 Å². The summed E-state index contributed by atoms with van der Waals surface area (Å²) in [5.41, 5.74) is 3.59. The number of halogens is 1. The lowest BCUT2D eigenvalue weighted by Crippen LogP contribution is -2.11. The molecular weight excluding hydrogens is 332 g/mol. The zero-order valence-electron chi connectivity index (χ0n) is 12.0. The Bertz CT molecular complexity index is 690. The lowest BCUT2D eigenvalue weighted by Gasteiger charge is -2.11. The van der Waals surface area contributed by atoms with Crippen LogP contribution in [0.4, 0.5) is 5.88 Å². The number of benzene rings is 1. The average Bonchev–Trinajstić information content (AvgIpc) is 2.84. The first-order valence-corrected chi connectivity index (χ1v) is 7.15. The van der Waals surface area contributed by atoms with Crippen molar-refractivity contribution in [2.75, 3.05) is 5.43 Å². The van der Waals surface area contributed by atoms with E-state index in [9.17, 15) is 0 Å². The van der Waals surface area contributed by atoms with Crippen molar-refractivity contribution in [1.29, 1.82) is 5.26 Å². The summed E-state index contributed by atoms with van der Waals surface area (Å²) >= 11 is 3.37. The summed E-state index contributed by atoms with van der Waals surface area (Å²) in [5.74, 6) is 0.760. The minimum Gasteiger partial charge on any atom is -0.421 e. The molecule has 108 valence electrons. The molecule has 1 N–H and O–H groups in total. The average molecular weight is 347 g/mol. The predicted octanol–water partition coefficient (Wildman–Crippen LogP) is 4.05. The first-order chi connectivity index (χ1) is 9.90. The van der Waals surface area contributed by atoms with Crippen molar-refractivity contribution < 1.29 is 4.42 Å². The van der Waals surface area contributed by atoms with Gasteiger partial charge in [0.1, 0.15) is 6.07 Å². The molecule has 2 aromatic rings. The van der Waals surface area contributed by atoms with Crippen molar-refractivity contribution in [3.63, 3.8) is 0 Å². The second-order valence-corrected chi connectivity index (χ2v) is 6.40. The lowest BCUT2D eigenvalue weighted by atomic mass is 9.97. The number of hydrazone groups is 1. The van der Waals surface area contributed by atoms with E-state index in [2.05, 4.69) is 31.4 Å². The van der Waals surface area contributed by atoms with Crippen molar-refractivity contribution in [3.8, 4) is 6.07 Å². The molecule has 0 saturated carbocycles. The SMILES string of the molecule is CC(C)(C)c1nc(C#N)c(NN=Cc2ccc(Br)cc2)o1. The Kier molecular flexibility index (Phi) is 4.43. The first kappa shape index (κ1) is 15.3. The van der Waals surface area contributed by atoms with Gasteiger partial charge in [-0.3, -0.25) is 0 Å². The van der Waals surface area contributed by atoms with Gasteiger partial charge >= 0.3 is 0 Å². The fraction of sp³-hybridized carbons (Fsp3) is 0.267. The monoisotopic (exact) mass is 346 g/mol. The van der Waals surface area contributed by atoms with Crippen LogP contribution in [-0.2, 0) is 5.41 Å². The third-order valence-electron chi connectivity index (χ3n) is 2.62. The normalized spacial score (nSPS) is 11.6. The van der Waals surface area contributed by atoms with E-state index in [1.165, 1.54) is 0 Å². The van der Waals surface area contributed by atoms with Gasteiger partial charge in [0.05, 0.1) is 6.21 Å². The fourth-order valence-corrected chi connectivity index (χ4v) is 1.77. The van der Waals surface area contributed by atoms with Crippen LogP contribution in [0.1, 0.15) is 37.9 Å². The Morgan fingerprint density at radius 1 is 1.33 bits per heavy atom. The maximum absolute atomic E-state index is 9.07. The van der Waals surface area contributed by atoms with Crippen LogP contribution in [0.15, 0.2) is 38.3 Å². The molecule has 1 aromatic carbocycles. The van der Waals surface area contributed by atoms with Gasteiger partial charge in [0.15, 0.2) is 0 Å². The molecule has 2 rings (SSSR count). The number of hydrogen-bond acceptors (Lipinski definition) is 5. The Morgan fingerprint density at radius 3 is 2.57 bits per heavy atom. The third-order valence-corrected chi connectivity index (χ3v) is 3.15. The van der Waals surface area contributed by atoms with Gasteiger partial charge in [-0.25, -0.2) is 5.43 Å². The van der Waals surface area contributed by atoms with Gasteiger partial charge in [-0.15, -0.1) is 0 Å². The number of hydrogen-bond donors (Lipinski definition) is 1. The fourth-order valence-electron chi connectivity index (χ4n) is 1.51. The van der Waals surface area contributed by atoms with E-state index in [0.717, 1.165) is 10.0 Å². The van der Waals surface area contributed by atoms with Crippen molar-refractivity contribution in [2.24, 2.45) is 5.10 Å². The smallest absolute Gasteiger partial charge is 0.252 e. The van der Waals surface area contributed by atoms with E-state index < -0.39 is 0 Å². The highest BCUT2D eigenvalue weighted by Crippen LogP contribution is 2.26. The van der Waals surface area contributed by atoms with Gasteiger partial charge < -0.3 is 4.42 Å². The summed E-state index contributed by atoms with van der Waals surface area (Å²) in [6.45, 7) is 5.90. The molecule has 0 aliphatic heterocycles. The van der Waals surface area contributed by atoms with Crippen LogP contribution in [0.3, 0.4) is 0 Å². The minimum absolute atomic E-state index is 0.202. The summed E-state index contributed by atoms with van der Waals surface area (Å²) in [4.78, 5) is 4.17. The Balaban J connectivity index is 2.14. The highest BCUT2D eigenvalue weighted by molar-refractivity contribution is 9.10. The van der Waals surface area contributed by atoms with Crippen molar-refractivity contribution in [3.05, 3.63) is 45.9 Å². The second kappa shape index (κ2) is 6.10. The summed E-state index contributed by atoms with van der Waals surface area (Å²) in [7, 11) is 0. The van der Waals surface area contributed by atoms with Crippen molar-refractivity contribution in [2.45, 2.75) is 26.2 Å². The van der Waals surface area contributed by atoms with E-state index in [1.54, 1.807) is 6.21 Å². The summed E-state index contributed by atoms with van der Waals surface area (Å²) in [5, 5.41) is 13.1. The summed E-state index contributed by atoms with van der Waals surface area (Å²) in [6, 6.07) is 9.68. The predicted molar refractivity (Wildman–Crippen MR) is 85.3 cm³/mol. The lowest BCUT2D eigenvalue weighted by molar-refractivity contribution is 0.399. The molecule has 0 unspecified atom stereocenters. The highest BCUT2D eigenvalue weighted by Gasteiger charge is 2.23. The zero-order valence-corrected chi connectivity index (χ0v) is 13.6. The highest BCUT2D eigenvalue weighted by atomic mass is 79.9. The molecule has 0 bridgehead atoms. The van der Waals surface area contributed by atoms with Gasteiger partial charge in [0.25, 0.3) is 5.88 Å². The van der Waals surface area contributed by atoms with Crippen LogP contribution >= 0.6 is 15.9 Å².